The minimum Gasteiger partial charge on any atom is -0.458 e. The summed E-state index contributed by atoms with van der Waals surface area (Å²) in [6, 6.07) is 0. The number of allylic oxidation sites excluding steroid dienone is 1. The molecule has 27 heavy (non-hydrogen) atoms. The highest BCUT2D eigenvalue weighted by atomic mass is 16.6. The molecule has 146 valence electrons. The van der Waals surface area contributed by atoms with Crippen molar-refractivity contribution >= 4 is 5.97 Å². The number of aliphatic hydroxyl groups is 1. The first-order valence-corrected chi connectivity index (χ1v) is 11.5. The first-order valence-electron chi connectivity index (χ1n) is 11.5. The highest BCUT2D eigenvalue weighted by Crippen LogP contribution is 2.82. The number of rotatable bonds is 0. The Morgan fingerprint density at radius 2 is 1.93 bits per heavy atom. The number of esters is 1. The van der Waals surface area contributed by atoms with E-state index < -0.39 is 0 Å². The van der Waals surface area contributed by atoms with Gasteiger partial charge in [0.2, 0.25) is 0 Å². The maximum atomic E-state index is 12.2. The van der Waals surface area contributed by atoms with Crippen LogP contribution in [0.4, 0.5) is 0 Å². The third kappa shape index (κ3) is 1.63. The lowest BCUT2D eigenvalue weighted by atomic mass is 9.45. The van der Waals surface area contributed by atoms with Gasteiger partial charge in [0.15, 0.2) is 0 Å². The van der Waals surface area contributed by atoms with Crippen LogP contribution in [0.2, 0.25) is 0 Å². The Hall–Kier alpha value is -0.830. The molecule has 7 rings (SSSR count). The van der Waals surface area contributed by atoms with Crippen molar-refractivity contribution < 1.29 is 14.6 Å². The zero-order valence-electron chi connectivity index (χ0n) is 16.6. The molecule has 1 heterocycles. The Kier molecular flexibility index (Phi) is 2.67. The Morgan fingerprint density at radius 1 is 1.07 bits per heavy atom. The van der Waals surface area contributed by atoms with E-state index >= 15 is 0 Å². The lowest BCUT2D eigenvalue weighted by molar-refractivity contribution is -0.177. The average Bonchev–Trinajstić information content (AvgIpc) is 3.53. The molecule has 0 aromatic carbocycles. The van der Waals surface area contributed by atoms with E-state index in [1.807, 2.05) is 0 Å². The third-order valence-electron chi connectivity index (χ3n) is 11.0. The zero-order chi connectivity index (χ0) is 18.3. The average molecular weight is 369 g/mol. The minimum absolute atomic E-state index is 0.0658. The van der Waals surface area contributed by atoms with E-state index in [1.54, 1.807) is 5.57 Å². The van der Waals surface area contributed by atoms with Gasteiger partial charge >= 0.3 is 5.97 Å². The topological polar surface area (TPSA) is 46.5 Å². The van der Waals surface area contributed by atoms with E-state index in [-0.39, 0.29) is 23.1 Å². The predicted molar refractivity (Wildman–Crippen MR) is 100 cm³/mol. The first kappa shape index (κ1) is 16.0. The Labute approximate surface area is 161 Å². The zero-order valence-corrected chi connectivity index (χ0v) is 16.6. The fourth-order valence-electron chi connectivity index (χ4n) is 9.89. The molecule has 3 heteroatoms. The van der Waals surface area contributed by atoms with Crippen LogP contribution >= 0.6 is 0 Å². The lowest BCUT2D eigenvalue weighted by Crippen LogP contribution is -2.57. The Morgan fingerprint density at radius 3 is 2.70 bits per heavy atom. The molecule has 7 aliphatic rings. The summed E-state index contributed by atoms with van der Waals surface area (Å²) in [6.07, 6.45) is 11.0. The van der Waals surface area contributed by atoms with Crippen LogP contribution < -0.4 is 0 Å². The number of hydrogen-bond donors (Lipinski definition) is 1. The molecule has 0 bridgehead atoms. The van der Waals surface area contributed by atoms with Gasteiger partial charge in [-0.2, -0.15) is 0 Å². The summed E-state index contributed by atoms with van der Waals surface area (Å²) in [5.41, 5.74) is 2.04. The largest absolute Gasteiger partial charge is 0.458 e. The van der Waals surface area contributed by atoms with E-state index in [0.29, 0.717) is 17.8 Å². The highest BCUT2D eigenvalue weighted by Gasteiger charge is 2.81. The lowest BCUT2D eigenvalue weighted by Gasteiger charge is -2.60. The second kappa shape index (κ2) is 4.50. The van der Waals surface area contributed by atoms with Gasteiger partial charge in [-0.05, 0) is 85.9 Å². The molecule has 0 aromatic heterocycles. The van der Waals surface area contributed by atoms with Gasteiger partial charge in [-0.25, -0.2) is 0 Å². The van der Waals surface area contributed by atoms with Gasteiger partial charge in [0.25, 0.3) is 0 Å². The van der Waals surface area contributed by atoms with Crippen molar-refractivity contribution in [1.29, 1.82) is 0 Å². The number of aliphatic hydroxyl groups excluding tert-OH is 1. The summed E-state index contributed by atoms with van der Waals surface area (Å²) in [7, 11) is 0. The molecule has 6 fully saturated rings. The van der Waals surface area contributed by atoms with Gasteiger partial charge in [-0.15, -0.1) is 0 Å². The quantitative estimate of drug-likeness (QED) is 0.517. The summed E-state index contributed by atoms with van der Waals surface area (Å²) < 4.78 is 6.23. The molecule has 0 radical (unpaired) electrons. The van der Waals surface area contributed by atoms with Gasteiger partial charge in [0.1, 0.15) is 5.60 Å². The molecular weight excluding hydrogens is 336 g/mol. The molecule has 1 aliphatic heterocycles. The van der Waals surface area contributed by atoms with Crippen LogP contribution in [0.5, 0.6) is 0 Å². The van der Waals surface area contributed by atoms with Gasteiger partial charge < -0.3 is 9.84 Å². The number of carbonyl (C=O) groups is 1. The maximum absolute atomic E-state index is 12.2. The molecule has 3 nitrogen and oxygen atoms in total. The van der Waals surface area contributed by atoms with Crippen LogP contribution in [0.3, 0.4) is 0 Å². The van der Waals surface area contributed by atoms with Gasteiger partial charge in [0, 0.05) is 17.8 Å². The maximum Gasteiger partial charge on any atom is 0.306 e. The molecule has 11 atom stereocenters. The van der Waals surface area contributed by atoms with E-state index in [9.17, 15) is 9.90 Å². The third-order valence-corrected chi connectivity index (χ3v) is 11.0. The smallest absolute Gasteiger partial charge is 0.306 e. The summed E-state index contributed by atoms with van der Waals surface area (Å²) in [5, 5.41) is 10.3. The van der Waals surface area contributed by atoms with Gasteiger partial charge in [-0.1, -0.05) is 25.5 Å². The fourth-order valence-corrected chi connectivity index (χ4v) is 9.89. The Bertz CT molecular complexity index is 786. The fraction of sp³-hybridized carbons (Fsp3) is 0.875. The molecule has 1 unspecified atom stereocenters. The van der Waals surface area contributed by atoms with Crippen molar-refractivity contribution in [2.24, 2.45) is 52.3 Å². The van der Waals surface area contributed by atoms with Crippen LogP contribution in [-0.4, -0.2) is 22.8 Å². The monoisotopic (exact) mass is 368 g/mol. The van der Waals surface area contributed by atoms with E-state index in [0.717, 1.165) is 48.3 Å². The van der Waals surface area contributed by atoms with Crippen LogP contribution in [0.1, 0.15) is 65.2 Å². The van der Waals surface area contributed by atoms with Crippen molar-refractivity contribution in [1.82, 2.24) is 0 Å². The van der Waals surface area contributed by atoms with Crippen LogP contribution in [-0.2, 0) is 9.53 Å². The summed E-state index contributed by atoms with van der Waals surface area (Å²) in [4.78, 5) is 12.2. The van der Waals surface area contributed by atoms with Crippen molar-refractivity contribution in [3.05, 3.63) is 11.6 Å². The number of carbonyl (C=O) groups excluding carboxylic acids is 1. The number of fused-ring (bicyclic) bond motifs is 12. The second-order valence-corrected chi connectivity index (χ2v) is 11.7. The van der Waals surface area contributed by atoms with Gasteiger partial charge in [0.05, 0.1) is 6.10 Å². The minimum atomic E-state index is -0.208. The predicted octanol–water partition coefficient (Wildman–Crippen LogP) is 4.10. The van der Waals surface area contributed by atoms with Crippen molar-refractivity contribution in [3.63, 3.8) is 0 Å². The molecule has 6 aliphatic carbocycles. The molecule has 1 saturated heterocycles. The van der Waals surface area contributed by atoms with Crippen LogP contribution in [0.15, 0.2) is 11.6 Å². The molecule has 5 saturated carbocycles. The summed E-state index contributed by atoms with van der Waals surface area (Å²) >= 11 is 0. The highest BCUT2D eigenvalue weighted by molar-refractivity contribution is 5.73. The molecule has 1 N–H and O–H groups in total. The van der Waals surface area contributed by atoms with E-state index in [1.165, 1.54) is 32.1 Å². The molecule has 1 spiro atoms. The number of hydrogen-bond acceptors (Lipinski definition) is 3. The normalized spacial score (nSPS) is 64.7. The Balaban J connectivity index is 1.33. The molecule has 0 aromatic rings. The first-order chi connectivity index (χ1) is 12.9. The van der Waals surface area contributed by atoms with Crippen LogP contribution in [0, 0.1) is 52.3 Å². The summed E-state index contributed by atoms with van der Waals surface area (Å²) in [6.45, 7) is 5.04. The second-order valence-electron chi connectivity index (χ2n) is 11.7. The summed E-state index contributed by atoms with van der Waals surface area (Å²) in [5.74, 6) is 5.52. The van der Waals surface area contributed by atoms with Crippen molar-refractivity contribution in [2.45, 2.75) is 76.9 Å². The molecule has 0 amide bonds. The van der Waals surface area contributed by atoms with E-state index in [2.05, 4.69) is 19.9 Å². The van der Waals surface area contributed by atoms with Crippen molar-refractivity contribution in [3.8, 4) is 0 Å². The van der Waals surface area contributed by atoms with Crippen LogP contribution in [0.25, 0.3) is 0 Å². The van der Waals surface area contributed by atoms with E-state index in [4.69, 9.17) is 4.74 Å². The van der Waals surface area contributed by atoms with Gasteiger partial charge in [-0.3, -0.25) is 4.79 Å². The number of ether oxygens (including phenoxy) is 1. The SMILES string of the molecule is C[C@]12CCC(O)C=C1[C@@H]1C[C@@H]1[C@H]1[C@@H]3[C@@H]4C[C@@H]4[C@@]4(CCC(=O)O4)[C@@]3(C)CC[C@@H]12. The molecular formula is C24H32O3. The standard InChI is InChI=1S/C24H32O3/c1-22-6-3-12(25)9-17(22)13-10-14(13)20-16(22)4-7-23(2)21(20)15-11-18(15)24(23)8-5-19(26)27-24/h9,12-16,18,20-21,25H,3-8,10-11H2,1-2H3/t12?,13-,14+,15-,16+,18+,20-,21+,22-,23+,24+/m1/s1. The van der Waals surface area contributed by atoms with Crippen molar-refractivity contribution in [2.75, 3.05) is 0 Å².